The fraction of sp³-hybridized carbons (Fsp3) is 0.143. The first kappa shape index (κ1) is 11.1. The van der Waals surface area contributed by atoms with Crippen LogP contribution in [0.15, 0.2) is 46.4 Å². The molecule has 0 fully saturated rings. The number of aryl methyl sites for hydroxylation is 1. The van der Waals surface area contributed by atoms with E-state index in [0.717, 1.165) is 6.54 Å². The largest absolute Gasteiger partial charge is 0.342 e. The highest BCUT2D eigenvalue weighted by Gasteiger charge is 2.03. The minimum atomic E-state index is 0.947. The average molecular weight is 306 g/mol. The third-order valence-corrected chi connectivity index (χ3v) is 4.56. The Labute approximate surface area is 113 Å². The van der Waals surface area contributed by atoms with Crippen LogP contribution < -0.4 is 0 Å². The molecule has 3 aromatic rings. The van der Waals surface area contributed by atoms with Crippen molar-refractivity contribution in [2.75, 3.05) is 0 Å². The van der Waals surface area contributed by atoms with E-state index in [1.165, 1.54) is 25.8 Å². The second-order valence-corrected chi connectivity index (χ2v) is 6.15. The van der Waals surface area contributed by atoms with Crippen molar-refractivity contribution in [3.63, 3.8) is 0 Å². The Morgan fingerprint density at radius 2 is 2.12 bits per heavy atom. The molecule has 0 radical (unpaired) electrons. The molecule has 0 saturated carbocycles. The molecule has 0 aliphatic heterocycles. The maximum Gasteiger partial charge on any atom is 0.0569 e. The summed E-state index contributed by atoms with van der Waals surface area (Å²) >= 11 is 5.29. The summed E-state index contributed by atoms with van der Waals surface area (Å²) in [4.78, 5) is 1.37. The fourth-order valence-corrected chi connectivity index (χ4v) is 3.51. The summed E-state index contributed by atoms with van der Waals surface area (Å²) in [5, 5.41) is 3.45. The minimum absolute atomic E-state index is 0.947. The maximum absolute atomic E-state index is 3.50. The molecule has 2 heterocycles. The van der Waals surface area contributed by atoms with Gasteiger partial charge in [0, 0.05) is 26.4 Å². The van der Waals surface area contributed by atoms with Crippen molar-refractivity contribution in [1.29, 1.82) is 0 Å². The van der Waals surface area contributed by atoms with Crippen LogP contribution in [-0.2, 0) is 6.54 Å². The number of benzene rings is 1. The van der Waals surface area contributed by atoms with E-state index in [2.05, 4.69) is 69.3 Å². The standard InChI is InChI=1S/C14H12BrNS/c1-10-2-3-14-11(6-10)4-5-16(14)8-13-7-12(15)9-17-13/h2-7,9H,8H2,1H3. The Morgan fingerprint density at radius 1 is 1.24 bits per heavy atom. The predicted octanol–water partition coefficient (Wildman–Crippen LogP) is 4.82. The number of aromatic nitrogens is 1. The first-order valence-electron chi connectivity index (χ1n) is 5.51. The van der Waals surface area contributed by atoms with Crippen molar-refractivity contribution in [1.82, 2.24) is 4.57 Å². The van der Waals surface area contributed by atoms with Crippen molar-refractivity contribution in [2.45, 2.75) is 13.5 Å². The molecule has 0 aliphatic carbocycles. The van der Waals surface area contributed by atoms with Crippen LogP contribution in [0.1, 0.15) is 10.4 Å². The van der Waals surface area contributed by atoms with Gasteiger partial charge in [-0.25, -0.2) is 0 Å². The predicted molar refractivity (Wildman–Crippen MR) is 77.8 cm³/mol. The number of nitrogens with zero attached hydrogens (tertiary/aromatic N) is 1. The van der Waals surface area contributed by atoms with Crippen molar-refractivity contribution in [3.05, 3.63) is 56.8 Å². The molecule has 0 N–H and O–H groups in total. The molecule has 0 atom stereocenters. The minimum Gasteiger partial charge on any atom is -0.342 e. The molecule has 17 heavy (non-hydrogen) atoms. The van der Waals surface area contributed by atoms with Gasteiger partial charge in [-0.05, 0) is 52.5 Å². The highest BCUT2D eigenvalue weighted by molar-refractivity contribution is 9.10. The lowest BCUT2D eigenvalue weighted by atomic mass is 10.2. The van der Waals surface area contributed by atoms with E-state index in [-0.39, 0.29) is 0 Å². The van der Waals surface area contributed by atoms with E-state index >= 15 is 0 Å². The summed E-state index contributed by atoms with van der Waals surface area (Å²) in [7, 11) is 0. The number of thiophene rings is 1. The van der Waals surface area contributed by atoms with Crippen molar-refractivity contribution in [3.8, 4) is 0 Å². The van der Waals surface area contributed by atoms with Crippen molar-refractivity contribution < 1.29 is 0 Å². The van der Waals surface area contributed by atoms with Gasteiger partial charge in [-0.2, -0.15) is 0 Å². The number of fused-ring (bicyclic) bond motifs is 1. The molecule has 0 unspecified atom stereocenters. The number of halogens is 1. The molecule has 3 rings (SSSR count). The highest BCUT2D eigenvalue weighted by atomic mass is 79.9. The first-order chi connectivity index (χ1) is 8.22. The molecule has 0 amide bonds. The molecule has 0 bridgehead atoms. The zero-order chi connectivity index (χ0) is 11.8. The van der Waals surface area contributed by atoms with E-state index in [4.69, 9.17) is 0 Å². The molecule has 0 spiro atoms. The Kier molecular flexibility index (Phi) is 2.81. The van der Waals surface area contributed by atoms with Crippen LogP contribution in [0.2, 0.25) is 0 Å². The highest BCUT2D eigenvalue weighted by Crippen LogP contribution is 2.23. The van der Waals surface area contributed by atoms with Gasteiger partial charge in [0.15, 0.2) is 0 Å². The van der Waals surface area contributed by atoms with E-state index in [1.54, 1.807) is 11.3 Å². The molecule has 1 aromatic carbocycles. The summed E-state index contributed by atoms with van der Waals surface area (Å²) in [5.74, 6) is 0. The van der Waals surface area contributed by atoms with Crippen LogP contribution in [0.4, 0.5) is 0 Å². The van der Waals surface area contributed by atoms with Crippen LogP contribution in [-0.4, -0.2) is 4.57 Å². The van der Waals surface area contributed by atoms with Gasteiger partial charge in [-0.15, -0.1) is 11.3 Å². The summed E-state index contributed by atoms with van der Waals surface area (Å²) in [6.45, 7) is 3.08. The molecule has 0 aliphatic rings. The van der Waals surface area contributed by atoms with Crippen LogP contribution >= 0.6 is 27.3 Å². The number of hydrogen-bond acceptors (Lipinski definition) is 1. The molecular formula is C14H12BrNS. The van der Waals surface area contributed by atoms with E-state index in [0.29, 0.717) is 0 Å². The van der Waals surface area contributed by atoms with Gasteiger partial charge in [-0.3, -0.25) is 0 Å². The smallest absolute Gasteiger partial charge is 0.0569 e. The van der Waals surface area contributed by atoms with E-state index < -0.39 is 0 Å². The SMILES string of the molecule is Cc1ccc2c(ccn2Cc2cc(Br)cs2)c1. The van der Waals surface area contributed by atoms with Crippen LogP contribution in [0.5, 0.6) is 0 Å². The molecular weight excluding hydrogens is 294 g/mol. The zero-order valence-electron chi connectivity index (χ0n) is 9.48. The third kappa shape index (κ3) is 2.17. The van der Waals surface area contributed by atoms with Gasteiger partial charge in [0.25, 0.3) is 0 Å². The third-order valence-electron chi connectivity index (χ3n) is 2.87. The normalized spacial score (nSPS) is 11.2. The summed E-state index contributed by atoms with van der Waals surface area (Å²) < 4.78 is 3.47. The maximum atomic E-state index is 3.50. The molecule has 3 heteroatoms. The van der Waals surface area contributed by atoms with Gasteiger partial charge >= 0.3 is 0 Å². The average Bonchev–Trinajstić information content (AvgIpc) is 2.86. The van der Waals surface area contributed by atoms with Gasteiger partial charge in [0.1, 0.15) is 0 Å². The zero-order valence-corrected chi connectivity index (χ0v) is 11.9. The Morgan fingerprint density at radius 3 is 2.88 bits per heavy atom. The Balaban J connectivity index is 2.00. The monoisotopic (exact) mass is 305 g/mol. The summed E-state index contributed by atoms with van der Waals surface area (Å²) in [6.07, 6.45) is 2.16. The summed E-state index contributed by atoms with van der Waals surface area (Å²) in [6, 6.07) is 11.0. The molecule has 1 nitrogen and oxygen atoms in total. The van der Waals surface area contributed by atoms with Crippen LogP contribution in [0, 0.1) is 6.92 Å². The van der Waals surface area contributed by atoms with Crippen LogP contribution in [0.25, 0.3) is 10.9 Å². The lowest BCUT2D eigenvalue weighted by molar-refractivity contribution is 0.851. The summed E-state index contributed by atoms with van der Waals surface area (Å²) in [5.41, 5.74) is 2.62. The fourth-order valence-electron chi connectivity index (χ4n) is 2.06. The lowest BCUT2D eigenvalue weighted by Crippen LogP contribution is -1.95. The Hall–Kier alpha value is -1.06. The Bertz CT molecular complexity index is 666. The van der Waals surface area contributed by atoms with Crippen molar-refractivity contribution in [2.24, 2.45) is 0 Å². The molecule has 86 valence electrons. The number of hydrogen-bond donors (Lipinski definition) is 0. The van der Waals surface area contributed by atoms with Gasteiger partial charge in [0.05, 0.1) is 6.54 Å². The van der Waals surface area contributed by atoms with Crippen LogP contribution in [0.3, 0.4) is 0 Å². The van der Waals surface area contributed by atoms with E-state index in [9.17, 15) is 0 Å². The first-order valence-corrected chi connectivity index (χ1v) is 7.18. The van der Waals surface area contributed by atoms with Gasteiger partial charge in [-0.1, -0.05) is 11.6 Å². The van der Waals surface area contributed by atoms with Gasteiger partial charge in [0.2, 0.25) is 0 Å². The quantitative estimate of drug-likeness (QED) is 0.639. The van der Waals surface area contributed by atoms with E-state index in [1.807, 2.05) is 0 Å². The molecule has 0 saturated heterocycles. The van der Waals surface area contributed by atoms with Crippen molar-refractivity contribution >= 4 is 38.2 Å². The second kappa shape index (κ2) is 4.31. The molecule has 2 aromatic heterocycles. The second-order valence-electron chi connectivity index (χ2n) is 4.24. The number of rotatable bonds is 2. The van der Waals surface area contributed by atoms with Gasteiger partial charge < -0.3 is 4.57 Å². The lowest BCUT2D eigenvalue weighted by Gasteiger charge is -2.03. The topological polar surface area (TPSA) is 4.93 Å².